The van der Waals surface area contributed by atoms with Crippen LogP contribution >= 0.6 is 0 Å². The monoisotopic (exact) mass is 723 g/mol. The van der Waals surface area contributed by atoms with E-state index in [9.17, 15) is 40.6 Å². The zero-order chi connectivity index (χ0) is 36.5. The fourth-order valence-corrected chi connectivity index (χ4v) is 8.58. The van der Waals surface area contributed by atoms with Crippen molar-refractivity contribution in [3.63, 3.8) is 0 Å². The van der Waals surface area contributed by atoms with E-state index in [1.807, 2.05) is 34.6 Å². The van der Waals surface area contributed by atoms with Crippen molar-refractivity contribution in [3.8, 4) is 11.5 Å². The van der Waals surface area contributed by atoms with Crippen molar-refractivity contribution < 1.29 is 50.2 Å². The number of anilines is 1. The first-order chi connectivity index (χ1) is 23.1. The lowest BCUT2D eigenvalue weighted by atomic mass is 9.78. The topological polar surface area (TPSA) is 215 Å². The second-order valence-electron chi connectivity index (χ2n) is 14.1. The molecule has 3 aromatic carbocycles. The quantitative estimate of drug-likeness (QED) is 0.167. The van der Waals surface area contributed by atoms with Crippen LogP contribution in [0, 0.1) is 0 Å². The maximum atomic E-state index is 13.1. The highest BCUT2D eigenvalue weighted by atomic mass is 32.2. The molecular formula is C34H33N3O11S2-2. The Kier molecular flexibility index (Phi) is 7.47. The number of aliphatic hydroxyl groups is 1. The van der Waals surface area contributed by atoms with E-state index >= 15 is 0 Å². The van der Waals surface area contributed by atoms with E-state index < -0.39 is 76.5 Å². The Labute approximate surface area is 287 Å². The molecule has 50 heavy (non-hydrogen) atoms. The van der Waals surface area contributed by atoms with Crippen LogP contribution in [0.4, 0.5) is 5.69 Å². The van der Waals surface area contributed by atoms with Crippen LogP contribution in [0.1, 0.15) is 88.5 Å². The van der Waals surface area contributed by atoms with Gasteiger partial charge in [0.05, 0.1) is 17.1 Å². The number of rotatable bonds is 6. The van der Waals surface area contributed by atoms with Gasteiger partial charge in [0.2, 0.25) is 6.29 Å². The number of amides is 2. The largest absolute Gasteiger partial charge is 0.744 e. The lowest BCUT2D eigenvalue weighted by Gasteiger charge is -2.30. The average molecular weight is 724 g/mol. The number of imide groups is 1. The van der Waals surface area contributed by atoms with Gasteiger partial charge in [0.15, 0.2) is 11.5 Å². The number of ether oxygens (including phenoxy) is 1. The van der Waals surface area contributed by atoms with Gasteiger partial charge in [-0.15, -0.1) is 0 Å². The summed E-state index contributed by atoms with van der Waals surface area (Å²) in [6, 6.07) is 8.54. The molecule has 4 aliphatic rings. The molecule has 1 saturated heterocycles. The Bertz CT molecular complexity index is 2390. The van der Waals surface area contributed by atoms with Gasteiger partial charge in [-0.1, -0.05) is 52.0 Å². The van der Waals surface area contributed by atoms with Crippen LogP contribution in [-0.4, -0.2) is 60.0 Å². The lowest BCUT2D eigenvalue weighted by Crippen LogP contribution is -2.33. The van der Waals surface area contributed by atoms with Crippen LogP contribution in [0.25, 0.3) is 5.57 Å². The first-order valence-corrected chi connectivity index (χ1v) is 18.6. The van der Waals surface area contributed by atoms with Crippen molar-refractivity contribution >= 4 is 43.3 Å². The SMILES string of the molecule is CC1N=c2c(cc3c(c2S(=O)(=O)[O-])Oc2c(cc4c(c2S(=O)(=O)[O-])NC(C)C4(C)C)C=3c2ccc(C(O)ON3C(=O)CCC3=O)cc2)C1(C)C. The summed E-state index contributed by atoms with van der Waals surface area (Å²) in [5.41, 5.74) is 0.490. The molecule has 0 bridgehead atoms. The van der Waals surface area contributed by atoms with Crippen molar-refractivity contribution in [1.29, 1.82) is 0 Å². The van der Waals surface area contributed by atoms with Crippen LogP contribution in [0.3, 0.4) is 0 Å². The van der Waals surface area contributed by atoms with E-state index in [0.717, 1.165) is 0 Å². The Morgan fingerprint density at radius 1 is 0.920 bits per heavy atom. The molecule has 1 fully saturated rings. The van der Waals surface area contributed by atoms with Crippen molar-refractivity contribution in [3.05, 3.63) is 74.8 Å². The summed E-state index contributed by atoms with van der Waals surface area (Å²) in [7, 11) is -10.6. The normalized spacial score (nSPS) is 22.3. The first kappa shape index (κ1) is 34.3. The molecule has 3 atom stereocenters. The number of nitrogens with one attached hydrogen (secondary N) is 1. The van der Waals surface area contributed by atoms with E-state index in [0.29, 0.717) is 21.8 Å². The van der Waals surface area contributed by atoms with E-state index in [2.05, 4.69) is 10.3 Å². The highest BCUT2D eigenvalue weighted by molar-refractivity contribution is 7.86. The summed E-state index contributed by atoms with van der Waals surface area (Å²) in [5.74, 6) is -2.11. The van der Waals surface area contributed by atoms with Crippen molar-refractivity contribution in [2.75, 3.05) is 5.32 Å². The van der Waals surface area contributed by atoms with E-state index in [-0.39, 0.29) is 51.8 Å². The predicted octanol–water partition coefficient (Wildman–Crippen LogP) is 2.31. The molecule has 4 aliphatic heterocycles. The summed E-state index contributed by atoms with van der Waals surface area (Å²) in [6.45, 7) is 11.1. The van der Waals surface area contributed by atoms with Crippen LogP contribution in [0.2, 0.25) is 0 Å². The second-order valence-corrected chi connectivity index (χ2v) is 16.8. The maximum absolute atomic E-state index is 13.1. The van der Waals surface area contributed by atoms with Gasteiger partial charge < -0.3 is 24.3 Å². The highest BCUT2D eigenvalue weighted by Gasteiger charge is 2.44. The number of carbonyl (C=O) groups excluding carboxylic acids is 2. The van der Waals surface area contributed by atoms with Crippen molar-refractivity contribution in [2.45, 2.75) is 93.4 Å². The molecule has 0 aromatic heterocycles. The molecule has 0 spiro atoms. The Balaban J connectivity index is 1.56. The molecule has 0 aliphatic carbocycles. The van der Waals surface area contributed by atoms with Crippen LogP contribution in [0.5, 0.6) is 11.5 Å². The number of aliphatic hydroxyl groups excluding tert-OH is 1. The molecule has 14 nitrogen and oxygen atoms in total. The lowest BCUT2D eigenvalue weighted by molar-refractivity contribution is -0.247. The van der Waals surface area contributed by atoms with Crippen LogP contribution in [0.15, 0.2) is 51.2 Å². The van der Waals surface area contributed by atoms with Gasteiger partial charge >= 0.3 is 0 Å². The summed E-state index contributed by atoms with van der Waals surface area (Å²) in [6.07, 6.45) is -1.81. The molecule has 264 valence electrons. The van der Waals surface area contributed by atoms with E-state index in [1.54, 1.807) is 19.1 Å². The molecule has 3 unspecified atom stereocenters. The van der Waals surface area contributed by atoms with E-state index in [4.69, 9.17) is 9.57 Å². The third-order valence-electron chi connectivity index (χ3n) is 10.6. The average Bonchev–Trinajstić information content (AvgIpc) is 3.53. The summed E-state index contributed by atoms with van der Waals surface area (Å²) < 4.78 is 84.5. The Morgan fingerprint density at radius 2 is 1.52 bits per heavy atom. The van der Waals surface area contributed by atoms with Gasteiger partial charge in [-0.25, -0.2) is 21.7 Å². The zero-order valence-corrected chi connectivity index (χ0v) is 29.5. The number of hydroxylamine groups is 2. The Hall–Kier alpha value is -4.19. The molecule has 0 saturated carbocycles. The second kappa shape index (κ2) is 10.9. The smallest absolute Gasteiger partial charge is 0.254 e. The Morgan fingerprint density at radius 3 is 2.10 bits per heavy atom. The number of hydrogen-bond donors (Lipinski definition) is 2. The van der Waals surface area contributed by atoms with Crippen LogP contribution in [-0.2, 0) is 45.5 Å². The minimum absolute atomic E-state index is 0.0211. The third-order valence-corrected chi connectivity index (χ3v) is 12.4. The standard InChI is InChI=1S/C34H35N3O11S2/c1-15-33(3,4)21-13-19-25(17-7-9-18(10-8-17)32(40)48-37-23(38)11-12-24(37)39)20-14-22-27(36-16(2)34(22,5)6)31(50(44,45)46)29(20)47-28(19)30(26(21)35-15)49(41,42)43/h7-10,13-16,32,35,40H,11-12H2,1-6H3,(H,41,42,43)(H,44,45,46)/p-2. The molecule has 4 heterocycles. The number of hydrogen-bond acceptors (Lipinski definition) is 13. The fraction of sp³-hybridized carbons (Fsp3) is 0.382. The number of benzene rings is 3. The number of fused-ring (bicyclic) bond motifs is 4. The fourth-order valence-electron chi connectivity index (χ4n) is 7.00. The summed E-state index contributed by atoms with van der Waals surface area (Å²) >= 11 is 0. The van der Waals surface area contributed by atoms with Gasteiger partial charge in [-0.3, -0.25) is 14.6 Å². The van der Waals surface area contributed by atoms with Crippen molar-refractivity contribution in [2.24, 2.45) is 4.99 Å². The predicted molar refractivity (Wildman–Crippen MR) is 173 cm³/mol. The van der Waals surface area contributed by atoms with Gasteiger partial charge in [-0.05, 0) is 42.7 Å². The molecule has 16 heteroatoms. The molecule has 0 radical (unpaired) electrons. The van der Waals surface area contributed by atoms with E-state index in [1.165, 1.54) is 24.3 Å². The summed E-state index contributed by atoms with van der Waals surface area (Å²) in [4.78, 5) is 32.3. The van der Waals surface area contributed by atoms with Crippen molar-refractivity contribution in [1.82, 2.24) is 5.06 Å². The van der Waals surface area contributed by atoms with Gasteiger partial charge in [0, 0.05) is 51.6 Å². The molecular weight excluding hydrogens is 691 g/mol. The minimum atomic E-state index is -5.31. The molecule has 2 N–H and O–H groups in total. The molecule has 3 aromatic rings. The minimum Gasteiger partial charge on any atom is -0.744 e. The van der Waals surface area contributed by atoms with Crippen LogP contribution < -0.4 is 20.6 Å². The van der Waals surface area contributed by atoms with Gasteiger partial charge in [0.25, 0.3) is 11.8 Å². The summed E-state index contributed by atoms with van der Waals surface area (Å²) in [5, 5.41) is 14.4. The van der Waals surface area contributed by atoms with Gasteiger partial charge in [0.1, 0.15) is 30.0 Å². The third kappa shape index (κ3) is 4.99. The first-order valence-electron chi connectivity index (χ1n) is 15.8. The number of nitrogens with zero attached hydrogens (tertiary/aromatic N) is 2. The molecule has 2 amide bonds. The maximum Gasteiger partial charge on any atom is 0.254 e. The highest BCUT2D eigenvalue weighted by Crippen LogP contribution is 2.52. The van der Waals surface area contributed by atoms with Gasteiger partial charge in [-0.2, -0.15) is 5.06 Å². The number of carbonyl (C=O) groups is 2. The molecule has 7 rings (SSSR count). The zero-order valence-electron chi connectivity index (χ0n) is 27.9.